The Morgan fingerprint density at radius 1 is 1.00 bits per heavy atom. The number of hydrogen-bond acceptors (Lipinski definition) is 2. The molecule has 0 aliphatic rings. The number of aromatic carboxylic acids is 1. The van der Waals surface area contributed by atoms with E-state index in [-0.39, 0.29) is 5.56 Å². The summed E-state index contributed by atoms with van der Waals surface area (Å²) in [6.45, 7) is 0. The van der Waals surface area contributed by atoms with Gasteiger partial charge < -0.3 is 5.11 Å². The Morgan fingerprint density at radius 3 is 2.59 bits per heavy atom. The van der Waals surface area contributed by atoms with Crippen molar-refractivity contribution in [1.29, 1.82) is 0 Å². The van der Waals surface area contributed by atoms with Crippen molar-refractivity contribution in [1.82, 2.24) is 9.78 Å². The summed E-state index contributed by atoms with van der Waals surface area (Å²) in [5, 5.41) is 15.0. The molecule has 0 bridgehead atoms. The van der Waals surface area contributed by atoms with E-state index in [1.165, 1.54) is 0 Å². The minimum absolute atomic E-state index is 0.233. The lowest BCUT2D eigenvalue weighted by Gasteiger charge is -2.10. The SMILES string of the molecule is Cn1ncc2ccc(-c3c(C#Cc4ccccc4)cccc3C(=O)O)cc21. The predicted molar refractivity (Wildman–Crippen MR) is 106 cm³/mol. The fourth-order valence-corrected chi connectivity index (χ4v) is 3.11. The lowest BCUT2D eigenvalue weighted by molar-refractivity contribution is 0.0697. The molecule has 0 saturated carbocycles. The minimum Gasteiger partial charge on any atom is -0.478 e. The molecule has 4 aromatic rings. The quantitative estimate of drug-likeness (QED) is 0.546. The number of aryl methyl sites for hydroxylation is 1. The molecule has 0 radical (unpaired) electrons. The van der Waals surface area contributed by atoms with E-state index in [0.29, 0.717) is 11.1 Å². The maximum absolute atomic E-state index is 11.8. The molecule has 0 amide bonds. The molecule has 0 aliphatic carbocycles. The van der Waals surface area contributed by atoms with E-state index in [1.807, 2.05) is 61.6 Å². The van der Waals surface area contributed by atoms with Gasteiger partial charge in [0, 0.05) is 29.1 Å². The van der Waals surface area contributed by atoms with Crippen LogP contribution in [0.5, 0.6) is 0 Å². The molecule has 1 aromatic heterocycles. The van der Waals surface area contributed by atoms with E-state index in [4.69, 9.17) is 0 Å². The van der Waals surface area contributed by atoms with Crippen LogP contribution in [0.15, 0.2) is 72.9 Å². The van der Waals surface area contributed by atoms with E-state index < -0.39 is 5.97 Å². The van der Waals surface area contributed by atoms with Gasteiger partial charge in [0.05, 0.1) is 17.3 Å². The highest BCUT2D eigenvalue weighted by Crippen LogP contribution is 2.30. The van der Waals surface area contributed by atoms with Crippen molar-refractivity contribution in [3.05, 3.63) is 89.6 Å². The number of carboxylic acids is 1. The highest BCUT2D eigenvalue weighted by molar-refractivity contribution is 5.99. The van der Waals surface area contributed by atoms with Gasteiger partial charge in [0.2, 0.25) is 0 Å². The van der Waals surface area contributed by atoms with Gasteiger partial charge in [-0.25, -0.2) is 4.79 Å². The number of carbonyl (C=O) groups is 1. The van der Waals surface area contributed by atoms with E-state index in [2.05, 4.69) is 16.9 Å². The zero-order valence-electron chi connectivity index (χ0n) is 14.7. The molecule has 4 nitrogen and oxygen atoms in total. The molecule has 0 aliphatic heterocycles. The fraction of sp³-hybridized carbons (Fsp3) is 0.0435. The Balaban J connectivity index is 1.93. The van der Waals surface area contributed by atoms with Crippen molar-refractivity contribution in [2.45, 2.75) is 0 Å². The predicted octanol–water partition coefficient (Wildman–Crippen LogP) is 4.34. The third-order valence-corrected chi connectivity index (χ3v) is 4.45. The van der Waals surface area contributed by atoms with Gasteiger partial charge >= 0.3 is 5.97 Å². The van der Waals surface area contributed by atoms with Crippen molar-refractivity contribution in [2.75, 3.05) is 0 Å². The minimum atomic E-state index is -0.974. The molecule has 3 aromatic carbocycles. The zero-order valence-corrected chi connectivity index (χ0v) is 14.7. The van der Waals surface area contributed by atoms with Crippen LogP contribution in [0, 0.1) is 11.8 Å². The Hall–Kier alpha value is -3.84. The van der Waals surface area contributed by atoms with Crippen molar-refractivity contribution in [2.24, 2.45) is 7.05 Å². The van der Waals surface area contributed by atoms with Crippen molar-refractivity contribution < 1.29 is 9.90 Å². The van der Waals surface area contributed by atoms with Gasteiger partial charge in [-0.05, 0) is 35.9 Å². The average Bonchev–Trinajstić information content (AvgIpc) is 3.07. The normalized spacial score (nSPS) is 10.4. The number of aromatic nitrogens is 2. The first-order valence-corrected chi connectivity index (χ1v) is 8.49. The first-order chi connectivity index (χ1) is 13.1. The third-order valence-electron chi connectivity index (χ3n) is 4.45. The first kappa shape index (κ1) is 16.6. The molecular formula is C23H16N2O2. The highest BCUT2D eigenvalue weighted by Gasteiger charge is 2.16. The maximum Gasteiger partial charge on any atom is 0.336 e. The van der Waals surface area contributed by atoms with E-state index in [0.717, 1.165) is 22.0 Å². The van der Waals surface area contributed by atoms with Gasteiger partial charge in [0.1, 0.15) is 0 Å². The van der Waals surface area contributed by atoms with Crippen LogP contribution in [0.3, 0.4) is 0 Å². The van der Waals surface area contributed by atoms with Crippen LogP contribution in [0.2, 0.25) is 0 Å². The topological polar surface area (TPSA) is 55.1 Å². The van der Waals surface area contributed by atoms with Gasteiger partial charge in [-0.2, -0.15) is 5.10 Å². The standard InChI is InChI=1S/C23H16N2O2/c1-25-21-14-18(12-13-19(21)15-24-25)22-17(8-5-9-20(22)23(26)27)11-10-16-6-3-2-4-7-16/h2-9,12-15H,1H3,(H,26,27). The van der Waals surface area contributed by atoms with Gasteiger partial charge in [-0.3, -0.25) is 4.68 Å². The summed E-state index contributed by atoms with van der Waals surface area (Å²) >= 11 is 0. The van der Waals surface area contributed by atoms with Crippen molar-refractivity contribution in [3.8, 4) is 23.0 Å². The monoisotopic (exact) mass is 352 g/mol. The van der Waals surface area contributed by atoms with Crippen LogP contribution in [0.1, 0.15) is 21.5 Å². The summed E-state index contributed by atoms with van der Waals surface area (Å²) in [6.07, 6.45) is 1.79. The number of fused-ring (bicyclic) bond motifs is 1. The maximum atomic E-state index is 11.8. The summed E-state index contributed by atoms with van der Waals surface area (Å²) < 4.78 is 1.78. The molecule has 0 atom stereocenters. The van der Waals surface area contributed by atoms with Crippen LogP contribution < -0.4 is 0 Å². The smallest absolute Gasteiger partial charge is 0.336 e. The van der Waals surface area contributed by atoms with Crippen LogP contribution in [-0.2, 0) is 7.05 Å². The molecule has 0 fully saturated rings. The van der Waals surface area contributed by atoms with Crippen LogP contribution in [0.25, 0.3) is 22.0 Å². The number of hydrogen-bond donors (Lipinski definition) is 1. The Labute approximate surface area is 156 Å². The molecule has 0 spiro atoms. The summed E-state index contributed by atoms with van der Waals surface area (Å²) in [5.41, 5.74) is 4.16. The number of rotatable bonds is 2. The van der Waals surface area contributed by atoms with Gasteiger partial charge in [-0.15, -0.1) is 0 Å². The second kappa shape index (κ2) is 6.81. The molecule has 0 saturated heterocycles. The van der Waals surface area contributed by atoms with Crippen molar-refractivity contribution in [3.63, 3.8) is 0 Å². The molecule has 27 heavy (non-hydrogen) atoms. The first-order valence-electron chi connectivity index (χ1n) is 8.49. The Kier molecular flexibility index (Phi) is 4.19. The molecule has 1 heterocycles. The zero-order chi connectivity index (χ0) is 18.8. The molecule has 1 N–H and O–H groups in total. The Bertz CT molecular complexity index is 1210. The van der Waals surface area contributed by atoms with Gasteiger partial charge in [0.25, 0.3) is 0 Å². The number of benzene rings is 3. The fourth-order valence-electron chi connectivity index (χ4n) is 3.11. The second-order valence-electron chi connectivity index (χ2n) is 6.19. The van der Waals surface area contributed by atoms with Crippen molar-refractivity contribution >= 4 is 16.9 Å². The van der Waals surface area contributed by atoms with Gasteiger partial charge in [-0.1, -0.05) is 48.2 Å². The lowest BCUT2D eigenvalue weighted by Crippen LogP contribution is -2.01. The van der Waals surface area contributed by atoms with Crippen LogP contribution in [0.4, 0.5) is 0 Å². The molecule has 130 valence electrons. The lowest BCUT2D eigenvalue weighted by atomic mass is 9.93. The number of carboxylic acid groups (broad SMARTS) is 1. The Morgan fingerprint density at radius 2 is 1.81 bits per heavy atom. The van der Waals surface area contributed by atoms with Crippen LogP contribution in [-0.4, -0.2) is 20.9 Å². The van der Waals surface area contributed by atoms with Crippen LogP contribution >= 0.6 is 0 Å². The summed E-state index contributed by atoms with van der Waals surface area (Å²) in [4.78, 5) is 11.8. The summed E-state index contributed by atoms with van der Waals surface area (Å²) in [6, 6.07) is 20.6. The second-order valence-corrected chi connectivity index (χ2v) is 6.19. The number of nitrogens with zero attached hydrogens (tertiary/aromatic N) is 2. The van der Waals surface area contributed by atoms with Gasteiger partial charge in [0.15, 0.2) is 0 Å². The van der Waals surface area contributed by atoms with E-state index in [1.54, 1.807) is 23.0 Å². The average molecular weight is 352 g/mol. The molecule has 0 unspecified atom stereocenters. The summed E-state index contributed by atoms with van der Waals surface area (Å²) in [7, 11) is 1.87. The summed E-state index contributed by atoms with van der Waals surface area (Å²) in [5.74, 6) is 5.29. The largest absolute Gasteiger partial charge is 0.478 e. The highest BCUT2D eigenvalue weighted by atomic mass is 16.4. The molecular weight excluding hydrogens is 336 g/mol. The van der Waals surface area contributed by atoms with E-state index in [9.17, 15) is 9.90 Å². The third kappa shape index (κ3) is 3.19. The molecule has 4 rings (SSSR count). The van der Waals surface area contributed by atoms with E-state index >= 15 is 0 Å². The molecule has 4 heteroatoms.